The summed E-state index contributed by atoms with van der Waals surface area (Å²) < 4.78 is 6.27. The third-order valence-corrected chi connectivity index (χ3v) is 9.87. The number of nitrogens with zero attached hydrogens (tertiary/aromatic N) is 5. The third kappa shape index (κ3) is 3.00. The summed E-state index contributed by atoms with van der Waals surface area (Å²) in [5, 5.41) is 2.22. The fourth-order valence-electron chi connectivity index (χ4n) is 6.43. The molecule has 2 aliphatic rings. The minimum absolute atomic E-state index is 0.185. The smallest absolute Gasteiger partial charge is 0.204 e. The minimum Gasteiger partial charge on any atom is -0.456 e. The predicted molar refractivity (Wildman–Crippen MR) is 160 cm³/mol. The zero-order chi connectivity index (χ0) is 27.5. The lowest BCUT2D eigenvalue weighted by molar-refractivity contribution is 0.0528. The van der Waals surface area contributed by atoms with Gasteiger partial charge in [-0.25, -0.2) is 15.0 Å². The highest BCUT2D eigenvalue weighted by molar-refractivity contribution is 6.08. The maximum absolute atomic E-state index is 6.27. The quantitative estimate of drug-likeness (QED) is 0.239. The average Bonchev–Trinajstić information content (AvgIpc) is 3.39. The van der Waals surface area contributed by atoms with E-state index >= 15 is 0 Å². The van der Waals surface area contributed by atoms with Crippen molar-refractivity contribution in [3.8, 4) is 11.3 Å². The van der Waals surface area contributed by atoms with Crippen molar-refractivity contribution >= 4 is 44.7 Å². The average molecular weight is 518 g/mol. The zero-order valence-corrected chi connectivity index (χ0v) is 24.0. The van der Waals surface area contributed by atoms with E-state index in [9.17, 15) is 0 Å². The number of furan rings is 1. The van der Waals surface area contributed by atoms with Crippen LogP contribution in [0.25, 0.3) is 44.2 Å². The van der Waals surface area contributed by atoms with Gasteiger partial charge in [0.2, 0.25) is 5.96 Å². The van der Waals surface area contributed by atoms with Crippen LogP contribution in [0.2, 0.25) is 0 Å². The molecule has 0 N–H and O–H groups in total. The summed E-state index contributed by atoms with van der Waals surface area (Å²) in [6, 6.07) is 22.7. The maximum Gasteiger partial charge on any atom is 0.204 e. The standard InChI is InChI=1S/C33H35N5O/c1-30(2)31(3,4)38-29(36-30)37(32(5,6)33(38,7)8)28-27(34-23-14-10-11-15-24(23)35-28)20-17-18-22-21-13-9-12-16-25(21)39-26(22)19-20/h9-19H,1-8H3. The molecule has 0 spiro atoms. The van der Waals surface area contributed by atoms with Crippen molar-refractivity contribution in [1.82, 2.24) is 14.9 Å². The van der Waals surface area contributed by atoms with Crippen LogP contribution in [0.1, 0.15) is 55.4 Å². The Labute approximate surface area is 229 Å². The van der Waals surface area contributed by atoms with Crippen LogP contribution in [0.3, 0.4) is 0 Å². The number of guanidine groups is 1. The Morgan fingerprint density at radius 2 is 1.28 bits per heavy atom. The fraction of sp³-hybridized carbons (Fsp3) is 0.364. The molecule has 3 aromatic carbocycles. The van der Waals surface area contributed by atoms with Crippen LogP contribution in [0.15, 0.2) is 76.1 Å². The summed E-state index contributed by atoms with van der Waals surface area (Å²) >= 11 is 0. The lowest BCUT2D eigenvalue weighted by atomic mass is 9.76. The van der Waals surface area contributed by atoms with Crippen LogP contribution < -0.4 is 4.90 Å². The summed E-state index contributed by atoms with van der Waals surface area (Å²) in [4.78, 5) is 20.7. The number of benzene rings is 3. The van der Waals surface area contributed by atoms with E-state index in [4.69, 9.17) is 19.4 Å². The molecule has 2 aromatic heterocycles. The molecule has 0 atom stereocenters. The van der Waals surface area contributed by atoms with Gasteiger partial charge in [0.05, 0.1) is 33.2 Å². The van der Waals surface area contributed by atoms with E-state index in [1.54, 1.807) is 0 Å². The van der Waals surface area contributed by atoms with E-state index in [-0.39, 0.29) is 22.2 Å². The minimum atomic E-state index is -0.324. The summed E-state index contributed by atoms with van der Waals surface area (Å²) in [6.45, 7) is 18.3. The Hall–Kier alpha value is -3.93. The van der Waals surface area contributed by atoms with Gasteiger partial charge in [-0.05, 0) is 85.7 Å². The van der Waals surface area contributed by atoms with Crippen molar-refractivity contribution in [2.45, 2.75) is 77.5 Å². The Bertz CT molecular complexity index is 1840. The van der Waals surface area contributed by atoms with Gasteiger partial charge in [-0.2, -0.15) is 0 Å². The summed E-state index contributed by atoms with van der Waals surface area (Å²) in [5.41, 5.74) is 4.25. The van der Waals surface area contributed by atoms with E-state index in [1.807, 2.05) is 42.5 Å². The van der Waals surface area contributed by atoms with Gasteiger partial charge in [0, 0.05) is 16.3 Å². The molecule has 0 bridgehead atoms. The molecule has 0 amide bonds. The molecule has 39 heavy (non-hydrogen) atoms. The van der Waals surface area contributed by atoms with Gasteiger partial charge >= 0.3 is 0 Å². The number of para-hydroxylation sites is 3. The van der Waals surface area contributed by atoms with Crippen molar-refractivity contribution in [2.24, 2.45) is 4.99 Å². The number of aliphatic imine (C=N–C) groups is 1. The van der Waals surface area contributed by atoms with Crippen LogP contribution in [-0.4, -0.2) is 43.0 Å². The predicted octanol–water partition coefficient (Wildman–Crippen LogP) is 7.80. The summed E-state index contributed by atoms with van der Waals surface area (Å²) in [7, 11) is 0. The van der Waals surface area contributed by atoms with Gasteiger partial charge in [-0.3, -0.25) is 4.90 Å². The molecular weight excluding hydrogens is 482 g/mol. The SMILES string of the molecule is CC1(C)N=C2N(c3nc4ccccc4nc3-c3ccc4c(c3)oc3ccccc34)C(C)(C)C(C)(C)N2C1(C)C. The highest BCUT2D eigenvalue weighted by Gasteiger charge is 2.66. The highest BCUT2D eigenvalue weighted by atomic mass is 16.3. The zero-order valence-electron chi connectivity index (χ0n) is 24.0. The molecule has 4 heterocycles. The second-order valence-electron chi connectivity index (χ2n) is 13.0. The Morgan fingerprint density at radius 1 is 0.641 bits per heavy atom. The molecule has 2 aliphatic heterocycles. The van der Waals surface area contributed by atoms with Gasteiger partial charge in [0.15, 0.2) is 5.82 Å². The molecule has 6 nitrogen and oxygen atoms in total. The number of hydrogen-bond donors (Lipinski definition) is 0. The van der Waals surface area contributed by atoms with Crippen LogP contribution in [-0.2, 0) is 0 Å². The number of anilines is 1. The number of hydrogen-bond acceptors (Lipinski definition) is 6. The molecule has 5 aromatic rings. The van der Waals surface area contributed by atoms with Gasteiger partial charge in [-0.15, -0.1) is 0 Å². The normalized spacial score (nSPS) is 20.7. The molecule has 0 unspecified atom stereocenters. The summed E-state index contributed by atoms with van der Waals surface area (Å²) in [5.74, 6) is 1.77. The van der Waals surface area contributed by atoms with Gasteiger partial charge < -0.3 is 9.32 Å². The van der Waals surface area contributed by atoms with Crippen molar-refractivity contribution in [3.63, 3.8) is 0 Å². The van der Waals surface area contributed by atoms with Gasteiger partial charge in [-0.1, -0.05) is 36.4 Å². The van der Waals surface area contributed by atoms with E-state index < -0.39 is 0 Å². The number of rotatable bonds is 2. The van der Waals surface area contributed by atoms with Crippen LogP contribution in [0.5, 0.6) is 0 Å². The lowest BCUT2D eigenvalue weighted by Crippen LogP contribution is -2.63. The Balaban J connectivity index is 1.52. The first-order valence-electron chi connectivity index (χ1n) is 13.7. The van der Waals surface area contributed by atoms with Crippen molar-refractivity contribution < 1.29 is 4.42 Å². The number of aromatic nitrogens is 2. The van der Waals surface area contributed by atoms with E-state index in [1.165, 1.54) is 0 Å². The van der Waals surface area contributed by atoms with Crippen molar-refractivity contribution in [3.05, 3.63) is 66.7 Å². The summed E-state index contributed by atoms with van der Waals surface area (Å²) in [6.07, 6.45) is 0. The molecule has 0 radical (unpaired) electrons. The van der Waals surface area contributed by atoms with E-state index in [2.05, 4.69) is 89.5 Å². The van der Waals surface area contributed by atoms with Gasteiger partial charge in [0.25, 0.3) is 0 Å². The monoisotopic (exact) mass is 517 g/mol. The molecular formula is C33H35N5O. The maximum atomic E-state index is 6.27. The van der Waals surface area contributed by atoms with Crippen LogP contribution in [0.4, 0.5) is 5.82 Å². The molecule has 198 valence electrons. The topological polar surface area (TPSA) is 57.8 Å². The molecule has 0 aliphatic carbocycles. The van der Waals surface area contributed by atoms with Crippen LogP contribution >= 0.6 is 0 Å². The third-order valence-electron chi connectivity index (χ3n) is 9.87. The molecule has 1 saturated heterocycles. The first-order valence-corrected chi connectivity index (χ1v) is 13.7. The second kappa shape index (κ2) is 7.38. The van der Waals surface area contributed by atoms with Gasteiger partial charge in [0.1, 0.15) is 16.9 Å². The Kier molecular flexibility index (Phi) is 4.56. The first kappa shape index (κ1) is 24.1. The van der Waals surface area contributed by atoms with Crippen molar-refractivity contribution in [2.75, 3.05) is 4.90 Å². The molecule has 1 fully saturated rings. The largest absolute Gasteiger partial charge is 0.456 e. The molecule has 7 rings (SSSR count). The molecule has 0 saturated carbocycles. The Morgan fingerprint density at radius 3 is 2.03 bits per heavy atom. The first-order chi connectivity index (χ1) is 18.3. The fourth-order valence-corrected chi connectivity index (χ4v) is 6.43. The highest BCUT2D eigenvalue weighted by Crippen LogP contribution is 2.54. The second-order valence-corrected chi connectivity index (χ2v) is 13.0. The number of fused-ring (bicyclic) bond motifs is 5. The van der Waals surface area contributed by atoms with Crippen LogP contribution in [0, 0.1) is 0 Å². The lowest BCUT2D eigenvalue weighted by Gasteiger charge is -2.50. The van der Waals surface area contributed by atoms with E-state index in [0.29, 0.717) is 0 Å². The van der Waals surface area contributed by atoms with Crippen molar-refractivity contribution in [1.29, 1.82) is 0 Å². The molecule has 6 heteroatoms. The van der Waals surface area contributed by atoms with E-state index in [0.717, 1.165) is 56.0 Å².